The normalized spacial score (nSPS) is 34.3. The third-order valence-electron chi connectivity index (χ3n) is 11.4. The third kappa shape index (κ3) is 6.76. The Kier molecular flexibility index (Phi) is 10.8. The zero-order valence-electron chi connectivity index (χ0n) is 30.6. The molecule has 3 aliphatic rings. The van der Waals surface area contributed by atoms with Gasteiger partial charge in [0.1, 0.15) is 18.8 Å². The van der Waals surface area contributed by atoms with Gasteiger partial charge in [0.2, 0.25) is 0 Å². The number of benzene rings is 2. The van der Waals surface area contributed by atoms with Gasteiger partial charge in [-0.25, -0.2) is 9.59 Å². The molecule has 3 aliphatic carbocycles. The predicted octanol–water partition coefficient (Wildman–Crippen LogP) is 3.78. The van der Waals surface area contributed by atoms with Gasteiger partial charge in [0.25, 0.3) is 0 Å². The number of hydrogen-bond donors (Lipinski definition) is 2. The molecule has 0 spiro atoms. The van der Waals surface area contributed by atoms with Gasteiger partial charge in [0.05, 0.1) is 28.1 Å². The second-order valence-corrected chi connectivity index (χ2v) is 15.1. The topological polar surface area (TPSA) is 189 Å². The molecule has 0 amide bonds. The van der Waals surface area contributed by atoms with Crippen molar-refractivity contribution in [1.29, 1.82) is 0 Å². The van der Waals surface area contributed by atoms with E-state index in [0.717, 1.165) is 20.8 Å². The van der Waals surface area contributed by atoms with E-state index in [1.54, 1.807) is 50.2 Å². The maximum Gasteiger partial charge on any atom is 0.338 e. The van der Waals surface area contributed by atoms with Gasteiger partial charge in [-0.15, -0.1) is 6.58 Å². The minimum Gasteiger partial charge on any atom is -0.465 e. The molecule has 2 N–H and O–H groups in total. The highest BCUT2D eigenvalue weighted by Gasteiger charge is 2.80. The summed E-state index contributed by atoms with van der Waals surface area (Å²) in [6.45, 7) is 11.4. The molecular weight excluding hydrogens is 688 g/mol. The maximum atomic E-state index is 14.7. The van der Waals surface area contributed by atoms with Crippen molar-refractivity contribution < 1.29 is 62.7 Å². The van der Waals surface area contributed by atoms with E-state index in [9.17, 15) is 39.0 Å². The molecule has 0 aromatic heterocycles. The van der Waals surface area contributed by atoms with Crippen LogP contribution in [0, 0.1) is 28.1 Å². The van der Waals surface area contributed by atoms with Crippen molar-refractivity contribution in [2.75, 3.05) is 6.61 Å². The van der Waals surface area contributed by atoms with E-state index in [-0.39, 0.29) is 24.0 Å². The molecule has 10 atom stereocenters. The summed E-state index contributed by atoms with van der Waals surface area (Å²) >= 11 is 0. The van der Waals surface area contributed by atoms with Gasteiger partial charge in [0, 0.05) is 38.5 Å². The van der Waals surface area contributed by atoms with Gasteiger partial charge in [-0.05, 0) is 43.5 Å². The average molecular weight is 735 g/mol. The van der Waals surface area contributed by atoms with E-state index >= 15 is 0 Å². The van der Waals surface area contributed by atoms with Crippen molar-refractivity contribution in [3.63, 3.8) is 0 Å². The Bertz CT molecular complexity index is 1770. The van der Waals surface area contributed by atoms with E-state index in [1.165, 1.54) is 37.3 Å². The van der Waals surface area contributed by atoms with Crippen molar-refractivity contribution >= 4 is 35.6 Å². The first-order chi connectivity index (χ1) is 24.8. The van der Waals surface area contributed by atoms with Crippen molar-refractivity contribution in [2.24, 2.45) is 28.1 Å². The van der Waals surface area contributed by atoms with Crippen molar-refractivity contribution in [2.45, 2.75) is 90.5 Å². The lowest BCUT2D eigenvalue weighted by atomic mass is 9.38. The second kappa shape index (κ2) is 14.5. The lowest BCUT2D eigenvalue weighted by molar-refractivity contribution is -0.325. The summed E-state index contributed by atoms with van der Waals surface area (Å²) in [4.78, 5) is 81.0. The van der Waals surface area contributed by atoms with Crippen molar-refractivity contribution in [1.82, 2.24) is 0 Å². The smallest absolute Gasteiger partial charge is 0.338 e. The van der Waals surface area contributed by atoms with Gasteiger partial charge in [-0.3, -0.25) is 19.2 Å². The van der Waals surface area contributed by atoms with Crippen LogP contribution < -0.4 is 0 Å². The molecule has 2 aromatic rings. The highest BCUT2D eigenvalue weighted by Crippen LogP contribution is 2.67. The number of carbonyl (C=O) groups is 6. The van der Waals surface area contributed by atoms with Crippen LogP contribution in [0.3, 0.4) is 0 Å². The van der Waals surface area contributed by atoms with E-state index in [2.05, 4.69) is 6.58 Å². The monoisotopic (exact) mass is 734 g/mol. The second-order valence-electron chi connectivity index (χ2n) is 15.1. The van der Waals surface area contributed by atoms with E-state index in [4.69, 9.17) is 23.7 Å². The minimum atomic E-state index is -2.75. The predicted molar refractivity (Wildman–Crippen MR) is 186 cm³/mol. The molecular formula is C40H46O13. The number of Topliss-reactive ketones (excluding diaryl/α,β-unsaturated/α-hetero) is 1. The number of ketones is 1. The number of esters is 5. The standard InChI is InChI=1S/C40H46O13/c1-8-38(7)20-27(52-34(45)25-15-11-9-12-16-25)31-39(21-49-22(2)41)28(19-29(44)40(31,48)36(38)47)37(5,6)32(51-24(4)43)30(50-23(3)42)33(39)53-35(46)26-17-13-10-14-18-26/h8-18,27-33,44,48H,1,19-21H2,2-7H3/t27-,28+,29-,30+,31-,32-,33+,38+,39+,40+/m1/s1. The number of hydrogen-bond acceptors (Lipinski definition) is 13. The zero-order chi connectivity index (χ0) is 39.1. The summed E-state index contributed by atoms with van der Waals surface area (Å²) in [5, 5.41) is 25.0. The Labute approximate surface area is 307 Å². The molecule has 53 heavy (non-hydrogen) atoms. The Balaban J connectivity index is 1.87. The summed E-state index contributed by atoms with van der Waals surface area (Å²) in [6.07, 6.45) is -7.33. The molecule has 0 unspecified atom stereocenters. The molecule has 0 bridgehead atoms. The van der Waals surface area contributed by atoms with Gasteiger partial charge in [0.15, 0.2) is 23.6 Å². The average Bonchev–Trinajstić information content (AvgIpc) is 3.11. The van der Waals surface area contributed by atoms with Crippen LogP contribution in [-0.2, 0) is 42.9 Å². The summed E-state index contributed by atoms with van der Waals surface area (Å²) in [7, 11) is 0. The Morgan fingerprint density at radius 1 is 0.792 bits per heavy atom. The molecule has 0 radical (unpaired) electrons. The van der Waals surface area contributed by atoms with Gasteiger partial charge in [-0.1, -0.05) is 56.3 Å². The molecule has 5 rings (SSSR count). The molecule has 13 nitrogen and oxygen atoms in total. The Morgan fingerprint density at radius 2 is 1.32 bits per heavy atom. The zero-order valence-corrected chi connectivity index (χ0v) is 30.6. The van der Waals surface area contributed by atoms with Crippen LogP contribution >= 0.6 is 0 Å². The number of ether oxygens (including phenoxy) is 5. The maximum absolute atomic E-state index is 14.7. The summed E-state index contributed by atoms with van der Waals surface area (Å²) < 4.78 is 30.0. The number of aliphatic hydroxyl groups is 2. The molecule has 3 saturated carbocycles. The minimum absolute atomic E-state index is 0.0687. The fourth-order valence-electron chi connectivity index (χ4n) is 9.13. The lowest BCUT2D eigenvalue weighted by Gasteiger charge is -2.69. The van der Waals surface area contributed by atoms with Crippen molar-refractivity contribution in [3.05, 3.63) is 84.4 Å². The highest BCUT2D eigenvalue weighted by atomic mass is 16.6. The number of allylic oxidation sites excluding steroid dienone is 1. The first-order valence-electron chi connectivity index (χ1n) is 17.4. The summed E-state index contributed by atoms with van der Waals surface area (Å²) in [5.41, 5.74) is -7.40. The summed E-state index contributed by atoms with van der Waals surface area (Å²) in [6, 6.07) is 15.8. The van der Waals surface area contributed by atoms with Crippen LogP contribution in [0.2, 0.25) is 0 Å². The van der Waals surface area contributed by atoms with Gasteiger partial charge in [-0.2, -0.15) is 0 Å². The Morgan fingerprint density at radius 3 is 1.81 bits per heavy atom. The van der Waals surface area contributed by atoms with E-state index < -0.39 is 106 Å². The first kappa shape index (κ1) is 39.3. The Hall–Kier alpha value is -4.88. The SMILES string of the molecule is C=C[C@@]1(C)C[C@@H](OC(=O)c2ccccc2)[C@H]2[C@](O)(C1=O)[C@H](O)C[C@H]1C(C)(C)[C@H](OC(C)=O)[C@H](OC(C)=O)[C@H](OC(=O)c3ccccc3)[C@@]12COC(C)=O. The lowest BCUT2D eigenvalue weighted by Crippen LogP contribution is -2.82. The molecule has 0 aliphatic heterocycles. The van der Waals surface area contributed by atoms with Crippen LogP contribution in [0.4, 0.5) is 0 Å². The fourth-order valence-corrected chi connectivity index (χ4v) is 9.13. The van der Waals surface area contributed by atoms with Crippen LogP contribution in [0.5, 0.6) is 0 Å². The van der Waals surface area contributed by atoms with Crippen LogP contribution in [0.25, 0.3) is 0 Å². The number of carbonyl (C=O) groups excluding carboxylic acids is 6. The van der Waals surface area contributed by atoms with Crippen LogP contribution in [-0.4, -0.2) is 88.6 Å². The fraction of sp³-hybridized carbons (Fsp3) is 0.500. The molecule has 284 valence electrons. The molecule has 3 fully saturated rings. The van der Waals surface area contributed by atoms with Gasteiger partial charge >= 0.3 is 29.8 Å². The summed E-state index contributed by atoms with van der Waals surface area (Å²) in [5.74, 6) is -7.76. The molecule has 0 heterocycles. The number of aliphatic hydroxyl groups excluding tert-OH is 1. The van der Waals surface area contributed by atoms with E-state index in [1.807, 2.05) is 0 Å². The number of rotatable bonds is 9. The van der Waals surface area contributed by atoms with Crippen LogP contribution in [0.1, 0.15) is 75.1 Å². The van der Waals surface area contributed by atoms with Crippen molar-refractivity contribution in [3.8, 4) is 0 Å². The molecule has 0 saturated heterocycles. The van der Waals surface area contributed by atoms with Crippen LogP contribution in [0.15, 0.2) is 73.3 Å². The molecule has 2 aromatic carbocycles. The number of fused-ring (bicyclic) bond motifs is 3. The molecule has 13 heteroatoms. The third-order valence-corrected chi connectivity index (χ3v) is 11.4. The first-order valence-corrected chi connectivity index (χ1v) is 17.4. The largest absolute Gasteiger partial charge is 0.465 e. The quantitative estimate of drug-likeness (QED) is 0.215. The van der Waals surface area contributed by atoms with Gasteiger partial charge < -0.3 is 33.9 Å². The highest BCUT2D eigenvalue weighted by molar-refractivity contribution is 5.96. The van der Waals surface area contributed by atoms with E-state index in [0.29, 0.717) is 0 Å².